The molecule has 4 rings (SSSR count). The molecule has 10 nitrogen and oxygen atoms in total. The van der Waals surface area contributed by atoms with Gasteiger partial charge >= 0.3 is 0 Å². The number of anilines is 1. The number of furan rings is 1. The van der Waals surface area contributed by atoms with Gasteiger partial charge in [0.15, 0.2) is 11.5 Å². The van der Waals surface area contributed by atoms with Crippen LogP contribution in [-0.2, 0) is 16.1 Å². The molecule has 38 heavy (non-hydrogen) atoms. The Balaban J connectivity index is 1.58. The predicted molar refractivity (Wildman–Crippen MR) is 140 cm³/mol. The van der Waals surface area contributed by atoms with Crippen LogP contribution >= 0.6 is 11.6 Å². The molecule has 3 aromatic rings. The van der Waals surface area contributed by atoms with Gasteiger partial charge in [-0.2, -0.15) is 0 Å². The highest BCUT2D eigenvalue weighted by atomic mass is 35.5. The summed E-state index contributed by atoms with van der Waals surface area (Å²) in [6.45, 7) is 1.50. The van der Waals surface area contributed by atoms with E-state index >= 15 is 0 Å². The summed E-state index contributed by atoms with van der Waals surface area (Å²) in [6, 6.07) is 11.7. The van der Waals surface area contributed by atoms with Crippen molar-refractivity contribution in [3.63, 3.8) is 0 Å². The Morgan fingerprint density at radius 1 is 1.05 bits per heavy atom. The van der Waals surface area contributed by atoms with E-state index in [2.05, 4.69) is 0 Å². The molecule has 1 aromatic heterocycles. The van der Waals surface area contributed by atoms with Gasteiger partial charge in [-0.1, -0.05) is 17.7 Å². The van der Waals surface area contributed by atoms with Crippen molar-refractivity contribution in [3.8, 4) is 17.2 Å². The molecule has 0 aliphatic carbocycles. The minimum absolute atomic E-state index is 0.0349. The van der Waals surface area contributed by atoms with E-state index in [1.165, 1.54) is 54.4 Å². The van der Waals surface area contributed by atoms with Crippen molar-refractivity contribution >= 4 is 35.0 Å². The van der Waals surface area contributed by atoms with Crippen molar-refractivity contribution in [3.05, 3.63) is 70.6 Å². The van der Waals surface area contributed by atoms with Gasteiger partial charge < -0.3 is 28.4 Å². The van der Waals surface area contributed by atoms with Crippen LogP contribution in [0, 0.1) is 6.92 Å². The third kappa shape index (κ3) is 5.40. The van der Waals surface area contributed by atoms with Crippen LogP contribution in [0.4, 0.5) is 5.69 Å². The molecule has 0 saturated carbocycles. The van der Waals surface area contributed by atoms with Gasteiger partial charge in [0, 0.05) is 16.3 Å². The molecular formula is C27H28ClN3O7. The van der Waals surface area contributed by atoms with Crippen molar-refractivity contribution in [2.24, 2.45) is 0 Å². The van der Waals surface area contributed by atoms with Gasteiger partial charge in [0.05, 0.1) is 34.1 Å². The lowest BCUT2D eigenvalue weighted by molar-refractivity contribution is -0.132. The Bertz CT molecular complexity index is 1320. The maximum atomic E-state index is 13.7. The van der Waals surface area contributed by atoms with E-state index in [0.29, 0.717) is 33.7 Å². The molecule has 3 amide bonds. The topological polar surface area (TPSA) is 102 Å². The van der Waals surface area contributed by atoms with E-state index in [-0.39, 0.29) is 37.8 Å². The molecule has 2 heterocycles. The molecule has 0 bridgehead atoms. The maximum absolute atomic E-state index is 13.7. The molecule has 0 spiro atoms. The molecule has 0 N–H and O–H groups in total. The van der Waals surface area contributed by atoms with E-state index in [4.69, 9.17) is 30.2 Å². The molecule has 1 fully saturated rings. The van der Waals surface area contributed by atoms with Gasteiger partial charge in [-0.05, 0) is 48.9 Å². The summed E-state index contributed by atoms with van der Waals surface area (Å²) in [7, 11) is 4.37. The molecule has 200 valence electrons. The predicted octanol–water partition coefficient (Wildman–Crippen LogP) is 3.74. The number of rotatable bonds is 9. The van der Waals surface area contributed by atoms with Crippen molar-refractivity contribution in [1.29, 1.82) is 0 Å². The summed E-state index contributed by atoms with van der Waals surface area (Å²) in [4.78, 5) is 44.1. The maximum Gasteiger partial charge on any atom is 0.255 e. The van der Waals surface area contributed by atoms with Crippen LogP contribution in [0.2, 0.25) is 5.02 Å². The minimum Gasteiger partial charge on any atom is -0.493 e. The van der Waals surface area contributed by atoms with E-state index in [0.717, 1.165) is 5.56 Å². The number of carbonyl (C=O) groups is 3. The number of hydrogen-bond donors (Lipinski definition) is 0. The summed E-state index contributed by atoms with van der Waals surface area (Å²) < 4.78 is 21.5. The summed E-state index contributed by atoms with van der Waals surface area (Å²) in [5, 5.41) is 0.528. The van der Waals surface area contributed by atoms with E-state index in [1.54, 1.807) is 30.3 Å². The van der Waals surface area contributed by atoms with Crippen LogP contribution in [0.3, 0.4) is 0 Å². The Labute approximate surface area is 225 Å². The van der Waals surface area contributed by atoms with Gasteiger partial charge in [-0.15, -0.1) is 0 Å². The van der Waals surface area contributed by atoms with Crippen LogP contribution in [0.5, 0.6) is 17.2 Å². The van der Waals surface area contributed by atoms with Crippen molar-refractivity contribution in [2.45, 2.75) is 13.5 Å². The first-order valence-corrected chi connectivity index (χ1v) is 12.1. The van der Waals surface area contributed by atoms with Crippen molar-refractivity contribution in [1.82, 2.24) is 9.80 Å². The Hall–Kier alpha value is -4.18. The fraction of sp³-hybridized carbons (Fsp3) is 0.296. The second-order valence-electron chi connectivity index (χ2n) is 8.59. The number of amides is 3. The lowest BCUT2D eigenvalue weighted by Crippen LogP contribution is -2.42. The number of ether oxygens (including phenoxy) is 3. The van der Waals surface area contributed by atoms with Crippen molar-refractivity contribution < 1.29 is 33.0 Å². The summed E-state index contributed by atoms with van der Waals surface area (Å²) in [5.41, 5.74) is 1.61. The monoisotopic (exact) mass is 541 g/mol. The van der Waals surface area contributed by atoms with Gasteiger partial charge in [0.1, 0.15) is 25.5 Å². The van der Waals surface area contributed by atoms with Crippen molar-refractivity contribution in [2.75, 3.05) is 46.0 Å². The van der Waals surface area contributed by atoms with E-state index in [1.807, 2.05) is 6.92 Å². The highest BCUT2D eigenvalue weighted by Crippen LogP contribution is 2.38. The first-order valence-electron chi connectivity index (χ1n) is 11.7. The van der Waals surface area contributed by atoms with Crippen LogP contribution in [0.1, 0.15) is 21.7 Å². The Morgan fingerprint density at radius 3 is 2.37 bits per heavy atom. The lowest BCUT2D eigenvalue weighted by atomic mass is 10.1. The largest absolute Gasteiger partial charge is 0.493 e. The zero-order valence-electron chi connectivity index (χ0n) is 21.5. The number of methoxy groups -OCH3 is 3. The van der Waals surface area contributed by atoms with Crippen LogP contribution in [0.15, 0.2) is 53.1 Å². The number of nitrogens with zero attached hydrogens (tertiary/aromatic N) is 3. The van der Waals surface area contributed by atoms with E-state index < -0.39 is 11.8 Å². The Morgan fingerprint density at radius 2 is 1.76 bits per heavy atom. The standard InChI is InChI=1S/C27H28ClN3O7/c1-17-20(28)8-5-9-21(17)31-16-30(15-25(31)33)24(32)14-29(13-19-7-6-10-38-19)27(34)18-11-22(35-2)26(37-4)23(12-18)36-3/h5-12H,13-16H2,1-4H3. The third-order valence-corrected chi connectivity index (χ3v) is 6.68. The fourth-order valence-electron chi connectivity index (χ4n) is 4.25. The number of halogens is 1. The number of hydrogen-bond acceptors (Lipinski definition) is 7. The molecule has 1 saturated heterocycles. The van der Waals surface area contributed by atoms with Gasteiger partial charge in [-0.3, -0.25) is 19.3 Å². The first kappa shape index (κ1) is 26.9. The summed E-state index contributed by atoms with van der Waals surface area (Å²) in [6.07, 6.45) is 1.49. The minimum atomic E-state index is -0.456. The smallest absolute Gasteiger partial charge is 0.255 e. The second kappa shape index (κ2) is 11.5. The zero-order chi connectivity index (χ0) is 27.4. The Kier molecular flexibility index (Phi) is 8.11. The SMILES string of the molecule is COc1cc(C(=O)N(CC(=O)N2CC(=O)N(c3cccc(Cl)c3C)C2)Cc2ccco2)cc(OC)c1OC. The lowest BCUT2D eigenvalue weighted by Gasteiger charge is -2.25. The van der Waals surface area contributed by atoms with Gasteiger partial charge in [0.2, 0.25) is 17.6 Å². The van der Waals surface area contributed by atoms with Crippen LogP contribution in [-0.4, -0.2) is 68.6 Å². The highest BCUT2D eigenvalue weighted by molar-refractivity contribution is 6.31. The highest BCUT2D eigenvalue weighted by Gasteiger charge is 2.34. The average molecular weight is 542 g/mol. The number of benzene rings is 2. The van der Waals surface area contributed by atoms with Crippen LogP contribution in [0.25, 0.3) is 0 Å². The summed E-state index contributed by atoms with van der Waals surface area (Å²) in [5.74, 6) is 0.348. The second-order valence-corrected chi connectivity index (χ2v) is 9.00. The molecule has 0 atom stereocenters. The van der Waals surface area contributed by atoms with Gasteiger partial charge in [-0.25, -0.2) is 0 Å². The fourth-order valence-corrected chi connectivity index (χ4v) is 4.42. The summed E-state index contributed by atoms with van der Waals surface area (Å²) >= 11 is 6.23. The zero-order valence-corrected chi connectivity index (χ0v) is 22.3. The number of carbonyl (C=O) groups excluding carboxylic acids is 3. The molecule has 1 aliphatic heterocycles. The molecule has 1 aliphatic rings. The molecular weight excluding hydrogens is 514 g/mol. The third-order valence-electron chi connectivity index (χ3n) is 6.27. The quantitative estimate of drug-likeness (QED) is 0.406. The first-order chi connectivity index (χ1) is 18.3. The molecule has 0 unspecified atom stereocenters. The average Bonchev–Trinajstić information content (AvgIpc) is 3.58. The molecule has 0 radical (unpaired) electrons. The normalized spacial score (nSPS) is 13.0. The van der Waals surface area contributed by atoms with Gasteiger partial charge in [0.25, 0.3) is 5.91 Å². The molecule has 11 heteroatoms. The molecule has 2 aromatic carbocycles. The van der Waals surface area contributed by atoms with Crippen LogP contribution < -0.4 is 19.1 Å². The van der Waals surface area contributed by atoms with E-state index in [9.17, 15) is 14.4 Å².